The first kappa shape index (κ1) is 11.9. The van der Waals surface area contributed by atoms with E-state index in [9.17, 15) is 0 Å². The van der Waals surface area contributed by atoms with Gasteiger partial charge in [0, 0.05) is 13.1 Å². The number of piperidine rings is 1. The molecule has 4 nitrogen and oxygen atoms in total. The third kappa shape index (κ3) is 2.20. The van der Waals surface area contributed by atoms with Gasteiger partial charge in [0.05, 0.1) is 10.2 Å². The van der Waals surface area contributed by atoms with Crippen molar-refractivity contribution in [3.05, 3.63) is 17.8 Å². The first-order valence-corrected chi connectivity index (χ1v) is 7.34. The summed E-state index contributed by atoms with van der Waals surface area (Å²) in [5.41, 5.74) is 1.07. The molecule has 1 saturated heterocycles. The van der Waals surface area contributed by atoms with Crippen molar-refractivity contribution in [1.29, 1.82) is 0 Å². The van der Waals surface area contributed by atoms with Crippen LogP contribution in [0.25, 0.3) is 10.2 Å². The number of anilines is 1. The normalized spacial score (nSPS) is 20.5. The molecule has 2 aromatic heterocycles. The average Bonchev–Trinajstić information content (AvgIpc) is 2.87. The summed E-state index contributed by atoms with van der Waals surface area (Å²) < 4.78 is 1.22. The van der Waals surface area contributed by atoms with Crippen LogP contribution in [0.1, 0.15) is 12.8 Å². The molecule has 0 aliphatic carbocycles. The van der Waals surface area contributed by atoms with Crippen LogP contribution in [0.15, 0.2) is 17.8 Å². The number of thiophene rings is 1. The second-order valence-electron chi connectivity index (χ2n) is 4.84. The number of aromatic nitrogens is 2. The number of hydrogen-bond acceptors (Lipinski definition) is 5. The van der Waals surface area contributed by atoms with Gasteiger partial charge in [-0.25, -0.2) is 9.97 Å². The Balaban J connectivity index is 1.87. The van der Waals surface area contributed by atoms with Crippen molar-refractivity contribution in [1.82, 2.24) is 15.3 Å². The molecule has 1 aliphatic heterocycles. The largest absolute Gasteiger partial charge is 0.355 e. The van der Waals surface area contributed by atoms with Gasteiger partial charge >= 0.3 is 0 Å². The van der Waals surface area contributed by atoms with E-state index in [-0.39, 0.29) is 0 Å². The van der Waals surface area contributed by atoms with Gasteiger partial charge in [0.1, 0.15) is 12.1 Å². The monoisotopic (exact) mass is 262 g/mol. The van der Waals surface area contributed by atoms with Gasteiger partial charge in [-0.2, -0.15) is 0 Å². The predicted molar refractivity (Wildman–Crippen MR) is 76.3 cm³/mol. The van der Waals surface area contributed by atoms with Gasteiger partial charge < -0.3 is 10.2 Å². The van der Waals surface area contributed by atoms with Gasteiger partial charge in [-0.15, -0.1) is 11.3 Å². The van der Waals surface area contributed by atoms with Crippen molar-refractivity contribution in [3.63, 3.8) is 0 Å². The maximum atomic E-state index is 4.50. The standard InChI is InChI=1S/C13H18N4S/c1-14-7-10-3-2-5-17(8-10)13-12-11(4-6-18-12)15-9-16-13/h4,6,9-10,14H,2-3,5,7-8H2,1H3. The summed E-state index contributed by atoms with van der Waals surface area (Å²) in [6, 6.07) is 2.07. The van der Waals surface area contributed by atoms with Crippen LogP contribution >= 0.6 is 11.3 Å². The fraction of sp³-hybridized carbons (Fsp3) is 0.538. The molecule has 96 valence electrons. The molecule has 0 spiro atoms. The minimum Gasteiger partial charge on any atom is -0.355 e. The Morgan fingerprint density at radius 3 is 3.33 bits per heavy atom. The second kappa shape index (κ2) is 5.20. The maximum Gasteiger partial charge on any atom is 0.150 e. The van der Waals surface area contributed by atoms with E-state index < -0.39 is 0 Å². The highest BCUT2D eigenvalue weighted by molar-refractivity contribution is 7.17. The highest BCUT2D eigenvalue weighted by atomic mass is 32.1. The number of nitrogens with zero attached hydrogens (tertiary/aromatic N) is 3. The van der Waals surface area contributed by atoms with Crippen LogP contribution in [-0.4, -0.2) is 36.6 Å². The van der Waals surface area contributed by atoms with E-state index in [1.807, 2.05) is 7.05 Å². The van der Waals surface area contributed by atoms with Crippen LogP contribution < -0.4 is 10.2 Å². The zero-order valence-electron chi connectivity index (χ0n) is 10.6. The summed E-state index contributed by atoms with van der Waals surface area (Å²) in [5.74, 6) is 1.85. The summed E-state index contributed by atoms with van der Waals surface area (Å²) in [4.78, 5) is 11.2. The maximum absolute atomic E-state index is 4.50. The van der Waals surface area contributed by atoms with Crippen molar-refractivity contribution in [2.24, 2.45) is 5.92 Å². The Kier molecular flexibility index (Phi) is 3.43. The van der Waals surface area contributed by atoms with Crippen molar-refractivity contribution < 1.29 is 0 Å². The third-order valence-electron chi connectivity index (χ3n) is 3.54. The number of nitrogens with one attached hydrogen (secondary N) is 1. The van der Waals surface area contributed by atoms with Crippen molar-refractivity contribution >= 4 is 27.4 Å². The minimum absolute atomic E-state index is 0.730. The molecule has 0 radical (unpaired) electrons. The zero-order valence-corrected chi connectivity index (χ0v) is 11.4. The van der Waals surface area contributed by atoms with Crippen LogP contribution in [0.4, 0.5) is 5.82 Å². The first-order valence-electron chi connectivity index (χ1n) is 6.46. The predicted octanol–water partition coefficient (Wildman–Crippen LogP) is 2.13. The molecule has 3 rings (SSSR count). The summed E-state index contributed by atoms with van der Waals surface area (Å²) >= 11 is 1.74. The van der Waals surface area contributed by atoms with Gasteiger partial charge in [-0.3, -0.25) is 0 Å². The highest BCUT2D eigenvalue weighted by Crippen LogP contribution is 2.30. The lowest BCUT2D eigenvalue weighted by Gasteiger charge is -2.33. The molecule has 1 atom stereocenters. The Labute approximate surface area is 111 Å². The molecule has 0 amide bonds. The lowest BCUT2D eigenvalue weighted by molar-refractivity contribution is 0.402. The first-order chi connectivity index (χ1) is 8.88. The molecular formula is C13H18N4S. The molecule has 0 bridgehead atoms. The SMILES string of the molecule is CNCC1CCCN(c2ncnc3ccsc23)C1. The van der Waals surface area contributed by atoms with Gasteiger partial charge in [0.25, 0.3) is 0 Å². The summed E-state index contributed by atoms with van der Waals surface area (Å²) in [6.07, 6.45) is 4.26. The molecule has 5 heteroatoms. The number of fused-ring (bicyclic) bond motifs is 1. The van der Waals surface area contributed by atoms with Crippen LogP contribution in [0.2, 0.25) is 0 Å². The molecule has 2 aromatic rings. The van der Waals surface area contributed by atoms with E-state index in [0.29, 0.717) is 0 Å². The molecule has 18 heavy (non-hydrogen) atoms. The van der Waals surface area contributed by atoms with E-state index in [2.05, 4.69) is 31.6 Å². The van der Waals surface area contributed by atoms with Gasteiger partial charge in [-0.1, -0.05) is 0 Å². The van der Waals surface area contributed by atoms with Crippen LogP contribution in [0.3, 0.4) is 0 Å². The van der Waals surface area contributed by atoms with Crippen molar-refractivity contribution in [2.75, 3.05) is 31.6 Å². The Hall–Kier alpha value is -1.20. The van der Waals surface area contributed by atoms with E-state index >= 15 is 0 Å². The van der Waals surface area contributed by atoms with E-state index in [1.165, 1.54) is 17.5 Å². The molecule has 1 unspecified atom stereocenters. The van der Waals surface area contributed by atoms with Gasteiger partial charge in [0.2, 0.25) is 0 Å². The second-order valence-corrected chi connectivity index (χ2v) is 5.76. The fourth-order valence-electron chi connectivity index (χ4n) is 2.71. The molecule has 1 fully saturated rings. The van der Waals surface area contributed by atoms with Crippen molar-refractivity contribution in [3.8, 4) is 0 Å². The van der Waals surface area contributed by atoms with Gasteiger partial charge in [-0.05, 0) is 43.8 Å². The Morgan fingerprint density at radius 1 is 1.50 bits per heavy atom. The number of hydrogen-bond donors (Lipinski definition) is 1. The molecule has 1 N–H and O–H groups in total. The molecule has 0 aromatic carbocycles. The van der Waals surface area contributed by atoms with Crippen LogP contribution in [0.5, 0.6) is 0 Å². The molecule has 3 heterocycles. The summed E-state index contributed by atoms with van der Waals surface area (Å²) in [5, 5.41) is 5.38. The quantitative estimate of drug-likeness (QED) is 0.920. The Bertz CT molecular complexity index is 522. The highest BCUT2D eigenvalue weighted by Gasteiger charge is 2.22. The van der Waals surface area contributed by atoms with E-state index in [0.717, 1.165) is 36.9 Å². The molecular weight excluding hydrogens is 244 g/mol. The third-order valence-corrected chi connectivity index (χ3v) is 4.44. The smallest absolute Gasteiger partial charge is 0.150 e. The minimum atomic E-state index is 0.730. The van der Waals surface area contributed by atoms with Crippen LogP contribution in [-0.2, 0) is 0 Å². The zero-order chi connectivity index (χ0) is 12.4. The van der Waals surface area contributed by atoms with E-state index in [1.54, 1.807) is 17.7 Å². The Morgan fingerprint density at radius 2 is 2.44 bits per heavy atom. The average molecular weight is 262 g/mol. The number of rotatable bonds is 3. The fourth-order valence-corrected chi connectivity index (χ4v) is 3.58. The van der Waals surface area contributed by atoms with Crippen molar-refractivity contribution in [2.45, 2.75) is 12.8 Å². The summed E-state index contributed by atoms with van der Waals surface area (Å²) in [7, 11) is 2.03. The van der Waals surface area contributed by atoms with Crippen LogP contribution in [0, 0.1) is 5.92 Å². The topological polar surface area (TPSA) is 41.0 Å². The summed E-state index contributed by atoms with van der Waals surface area (Å²) in [6.45, 7) is 3.31. The van der Waals surface area contributed by atoms with Gasteiger partial charge in [0.15, 0.2) is 0 Å². The molecule has 1 aliphatic rings. The van der Waals surface area contributed by atoms with E-state index in [4.69, 9.17) is 0 Å². The lowest BCUT2D eigenvalue weighted by atomic mass is 9.98. The molecule has 0 saturated carbocycles. The lowest BCUT2D eigenvalue weighted by Crippen LogP contribution is -2.39.